The number of urea groups is 1. The van der Waals surface area contributed by atoms with E-state index in [0.29, 0.717) is 29.5 Å². The van der Waals surface area contributed by atoms with Crippen molar-refractivity contribution in [2.24, 2.45) is 0 Å². The molecule has 8 nitrogen and oxygen atoms in total. The molecule has 0 saturated carbocycles. The summed E-state index contributed by atoms with van der Waals surface area (Å²) in [6.07, 6.45) is 2.25. The van der Waals surface area contributed by atoms with Gasteiger partial charge in [0.25, 0.3) is 5.71 Å². The minimum Gasteiger partial charge on any atom is -0.422 e. The van der Waals surface area contributed by atoms with Gasteiger partial charge in [-0.25, -0.2) is 14.8 Å². The van der Waals surface area contributed by atoms with E-state index in [0.717, 1.165) is 23.4 Å². The Balaban J connectivity index is 1.29. The Morgan fingerprint density at radius 1 is 0.966 bits per heavy atom. The van der Waals surface area contributed by atoms with Crippen LogP contribution in [0.1, 0.15) is 11.5 Å². The summed E-state index contributed by atoms with van der Waals surface area (Å²) in [5.74, 6) is 1.21. The van der Waals surface area contributed by atoms with Gasteiger partial charge in [0.2, 0.25) is 0 Å². The molecule has 0 aliphatic carbocycles. The number of aryl methyl sites for hydroxylation is 1. The van der Waals surface area contributed by atoms with Gasteiger partial charge in [0, 0.05) is 24.8 Å². The molecule has 4 aromatic rings. The lowest BCUT2D eigenvalue weighted by Crippen LogP contribution is -2.19. The number of aromatic nitrogens is 3. The van der Waals surface area contributed by atoms with Crippen LogP contribution in [0.25, 0.3) is 11.2 Å². The predicted molar refractivity (Wildman–Crippen MR) is 112 cm³/mol. The second-order valence-electron chi connectivity index (χ2n) is 6.43. The maximum atomic E-state index is 12.0. The minimum absolute atomic E-state index is 0.277. The number of hydrogen-bond donors (Lipinski definition) is 3. The van der Waals surface area contributed by atoms with Gasteiger partial charge in [-0.1, -0.05) is 30.3 Å². The second kappa shape index (κ2) is 8.39. The summed E-state index contributed by atoms with van der Waals surface area (Å²) in [7, 11) is 0. The van der Waals surface area contributed by atoms with Crippen LogP contribution < -0.4 is 16.0 Å². The lowest BCUT2D eigenvalue weighted by Gasteiger charge is -2.09. The molecule has 29 heavy (non-hydrogen) atoms. The SMILES string of the molecule is Cc1nc2c(NCCc3ccc(NC(=O)Nc4ccccc4)cc3)ncnc2o1. The normalized spacial score (nSPS) is 10.7. The average molecular weight is 388 g/mol. The van der Waals surface area contributed by atoms with E-state index in [4.69, 9.17) is 4.42 Å². The number of nitrogens with one attached hydrogen (secondary N) is 3. The van der Waals surface area contributed by atoms with Crippen LogP contribution in [0, 0.1) is 6.92 Å². The number of nitrogens with zero attached hydrogens (tertiary/aromatic N) is 3. The predicted octanol–water partition coefficient (Wildman–Crippen LogP) is 4.22. The minimum atomic E-state index is -0.277. The lowest BCUT2D eigenvalue weighted by molar-refractivity contribution is 0.262. The van der Waals surface area contributed by atoms with Crippen molar-refractivity contribution >= 4 is 34.5 Å². The van der Waals surface area contributed by atoms with Crippen molar-refractivity contribution in [3.8, 4) is 0 Å². The number of hydrogen-bond acceptors (Lipinski definition) is 6. The molecule has 4 rings (SSSR count). The first-order valence-electron chi connectivity index (χ1n) is 9.21. The van der Waals surface area contributed by atoms with Gasteiger partial charge >= 0.3 is 6.03 Å². The third kappa shape index (κ3) is 4.67. The molecule has 0 bridgehead atoms. The second-order valence-corrected chi connectivity index (χ2v) is 6.43. The van der Waals surface area contributed by atoms with Gasteiger partial charge in [0.1, 0.15) is 6.33 Å². The molecular weight excluding hydrogens is 368 g/mol. The zero-order chi connectivity index (χ0) is 20.1. The first-order valence-corrected chi connectivity index (χ1v) is 9.21. The number of benzene rings is 2. The molecule has 2 aromatic carbocycles. The largest absolute Gasteiger partial charge is 0.422 e. The summed E-state index contributed by atoms with van der Waals surface area (Å²) >= 11 is 0. The van der Waals surface area contributed by atoms with E-state index in [2.05, 4.69) is 30.9 Å². The molecule has 8 heteroatoms. The van der Waals surface area contributed by atoms with Crippen LogP contribution in [-0.4, -0.2) is 27.5 Å². The highest BCUT2D eigenvalue weighted by Crippen LogP contribution is 2.19. The van der Waals surface area contributed by atoms with E-state index in [9.17, 15) is 4.79 Å². The average Bonchev–Trinajstić information content (AvgIpc) is 3.11. The fourth-order valence-corrected chi connectivity index (χ4v) is 2.88. The van der Waals surface area contributed by atoms with E-state index < -0.39 is 0 Å². The molecule has 0 atom stereocenters. The number of oxazole rings is 1. The van der Waals surface area contributed by atoms with Crippen molar-refractivity contribution in [1.29, 1.82) is 0 Å². The van der Waals surface area contributed by atoms with Crippen LogP contribution in [0.2, 0.25) is 0 Å². The smallest absolute Gasteiger partial charge is 0.323 e. The Bertz CT molecular complexity index is 1110. The van der Waals surface area contributed by atoms with E-state index in [-0.39, 0.29) is 6.03 Å². The van der Waals surface area contributed by atoms with Crippen molar-refractivity contribution < 1.29 is 9.21 Å². The highest BCUT2D eigenvalue weighted by Gasteiger charge is 2.09. The molecular formula is C21H20N6O2. The number of para-hydroxylation sites is 1. The number of fused-ring (bicyclic) bond motifs is 1. The molecule has 0 aliphatic heterocycles. The molecule has 0 aliphatic rings. The fourth-order valence-electron chi connectivity index (χ4n) is 2.88. The molecule has 0 spiro atoms. The highest BCUT2D eigenvalue weighted by atomic mass is 16.4. The quantitative estimate of drug-likeness (QED) is 0.457. The van der Waals surface area contributed by atoms with Crippen molar-refractivity contribution in [3.63, 3.8) is 0 Å². The van der Waals surface area contributed by atoms with Gasteiger partial charge in [-0.05, 0) is 36.2 Å². The Kier molecular flexibility index (Phi) is 5.33. The van der Waals surface area contributed by atoms with Crippen LogP contribution in [0.15, 0.2) is 65.3 Å². The molecule has 3 N–H and O–H groups in total. The zero-order valence-corrected chi connectivity index (χ0v) is 15.8. The molecule has 2 amide bonds. The van der Waals surface area contributed by atoms with Gasteiger partial charge in [-0.15, -0.1) is 0 Å². The van der Waals surface area contributed by atoms with E-state index in [1.165, 1.54) is 6.33 Å². The summed E-state index contributed by atoms with van der Waals surface area (Å²) < 4.78 is 5.41. The molecule has 146 valence electrons. The van der Waals surface area contributed by atoms with Gasteiger partial charge in [-0.2, -0.15) is 4.98 Å². The molecule has 0 radical (unpaired) electrons. The summed E-state index contributed by atoms with van der Waals surface area (Å²) in [6, 6.07) is 16.8. The summed E-state index contributed by atoms with van der Waals surface area (Å²) in [6.45, 7) is 2.46. The van der Waals surface area contributed by atoms with Crippen LogP contribution in [-0.2, 0) is 6.42 Å². The summed E-state index contributed by atoms with van der Waals surface area (Å²) in [5.41, 5.74) is 3.71. The van der Waals surface area contributed by atoms with Crippen molar-refractivity contribution in [2.45, 2.75) is 13.3 Å². The summed E-state index contributed by atoms with van der Waals surface area (Å²) in [5, 5.41) is 8.88. The third-order valence-corrected chi connectivity index (χ3v) is 4.25. The van der Waals surface area contributed by atoms with Crippen molar-refractivity contribution in [3.05, 3.63) is 72.4 Å². The van der Waals surface area contributed by atoms with Gasteiger partial charge < -0.3 is 20.4 Å². The van der Waals surface area contributed by atoms with Crippen molar-refractivity contribution in [2.75, 3.05) is 22.5 Å². The fraction of sp³-hybridized carbons (Fsp3) is 0.143. The van der Waals surface area contributed by atoms with E-state index in [1.54, 1.807) is 6.92 Å². The van der Waals surface area contributed by atoms with E-state index >= 15 is 0 Å². The third-order valence-electron chi connectivity index (χ3n) is 4.25. The van der Waals surface area contributed by atoms with Gasteiger partial charge in [-0.3, -0.25) is 0 Å². The number of amides is 2. The Morgan fingerprint density at radius 2 is 1.69 bits per heavy atom. The first kappa shape index (κ1) is 18.4. The monoisotopic (exact) mass is 388 g/mol. The van der Waals surface area contributed by atoms with Gasteiger partial charge in [0.05, 0.1) is 0 Å². The van der Waals surface area contributed by atoms with Crippen LogP contribution >= 0.6 is 0 Å². The summed E-state index contributed by atoms with van der Waals surface area (Å²) in [4.78, 5) is 24.7. The van der Waals surface area contributed by atoms with Crippen LogP contribution in [0.4, 0.5) is 22.0 Å². The molecule has 2 aromatic heterocycles. The topological polar surface area (TPSA) is 105 Å². The molecule has 0 saturated heterocycles. The number of carbonyl (C=O) groups is 1. The van der Waals surface area contributed by atoms with Gasteiger partial charge in [0.15, 0.2) is 17.2 Å². The number of rotatable bonds is 6. The van der Waals surface area contributed by atoms with Crippen LogP contribution in [0.3, 0.4) is 0 Å². The molecule has 0 fully saturated rings. The highest BCUT2D eigenvalue weighted by molar-refractivity contribution is 5.99. The van der Waals surface area contributed by atoms with E-state index in [1.807, 2.05) is 54.6 Å². The van der Waals surface area contributed by atoms with Crippen LogP contribution in [0.5, 0.6) is 0 Å². The first-order chi connectivity index (χ1) is 14.2. The standard InChI is InChI=1S/C21H20N6O2/c1-14-25-18-19(23-13-24-20(18)29-14)22-12-11-15-7-9-17(10-8-15)27-21(28)26-16-5-3-2-4-6-16/h2-10,13H,11-12H2,1H3,(H,22,23,24)(H2,26,27,28). The Morgan fingerprint density at radius 3 is 2.45 bits per heavy atom. The number of anilines is 3. The Hall–Kier alpha value is -3.94. The molecule has 2 heterocycles. The zero-order valence-electron chi connectivity index (χ0n) is 15.8. The molecule has 0 unspecified atom stereocenters. The number of carbonyl (C=O) groups excluding carboxylic acids is 1. The maximum Gasteiger partial charge on any atom is 0.323 e. The Labute approximate surface area is 167 Å². The van der Waals surface area contributed by atoms with Crippen molar-refractivity contribution in [1.82, 2.24) is 15.0 Å². The lowest BCUT2D eigenvalue weighted by atomic mass is 10.1. The maximum absolute atomic E-state index is 12.0.